The highest BCUT2D eigenvalue weighted by atomic mass is 79.9. The highest BCUT2D eigenvalue weighted by Crippen LogP contribution is 2.49. The van der Waals surface area contributed by atoms with E-state index >= 15 is 0 Å². The Bertz CT molecular complexity index is 568. The summed E-state index contributed by atoms with van der Waals surface area (Å²) in [5, 5.41) is 7.69. The van der Waals surface area contributed by atoms with Crippen LogP contribution >= 0.6 is 15.9 Å². The molecule has 3 rings (SSSR count). The second-order valence-electron chi connectivity index (χ2n) is 7.15. The first kappa shape index (κ1) is 16.0. The number of carbonyl (C=O) groups excluding carboxylic acids is 1. The summed E-state index contributed by atoms with van der Waals surface area (Å²) in [4.78, 5) is 12.2. The molecule has 1 aromatic rings. The summed E-state index contributed by atoms with van der Waals surface area (Å²) in [6.45, 7) is 6.83. The molecule has 2 aliphatic carbocycles. The number of aromatic nitrogens is 2. The third kappa shape index (κ3) is 3.10. The van der Waals surface area contributed by atoms with E-state index in [9.17, 15) is 4.79 Å². The van der Waals surface area contributed by atoms with Gasteiger partial charge in [-0.3, -0.25) is 9.48 Å². The van der Waals surface area contributed by atoms with Crippen LogP contribution in [0.4, 0.5) is 0 Å². The summed E-state index contributed by atoms with van der Waals surface area (Å²) in [6, 6.07) is 0.315. The molecule has 2 aliphatic rings. The Kier molecular flexibility index (Phi) is 4.62. The molecule has 2 bridgehead atoms. The lowest BCUT2D eigenvalue weighted by Gasteiger charge is -2.28. The van der Waals surface area contributed by atoms with Gasteiger partial charge in [0.25, 0.3) is 0 Å². The van der Waals surface area contributed by atoms with Gasteiger partial charge in [0, 0.05) is 18.2 Å². The van der Waals surface area contributed by atoms with Gasteiger partial charge < -0.3 is 5.32 Å². The van der Waals surface area contributed by atoms with Crippen LogP contribution in [0.2, 0.25) is 0 Å². The van der Waals surface area contributed by atoms with Crippen molar-refractivity contribution in [2.24, 2.45) is 17.8 Å². The predicted octanol–water partition coefficient (Wildman–Crippen LogP) is 3.59. The lowest BCUT2D eigenvalue weighted by atomic mass is 9.84. The van der Waals surface area contributed by atoms with E-state index in [-0.39, 0.29) is 5.91 Å². The van der Waals surface area contributed by atoms with Gasteiger partial charge in [-0.25, -0.2) is 0 Å². The van der Waals surface area contributed by atoms with Gasteiger partial charge in [-0.1, -0.05) is 6.42 Å². The van der Waals surface area contributed by atoms with E-state index in [1.165, 1.54) is 25.7 Å². The first-order chi connectivity index (χ1) is 10.5. The smallest absolute Gasteiger partial charge is 0.222 e. The predicted molar refractivity (Wildman–Crippen MR) is 90.6 cm³/mol. The third-order valence-electron chi connectivity index (χ3n) is 5.67. The minimum absolute atomic E-state index is 0.152. The van der Waals surface area contributed by atoms with Gasteiger partial charge in [0.2, 0.25) is 5.91 Å². The lowest BCUT2D eigenvalue weighted by molar-refractivity contribution is -0.122. The fourth-order valence-electron chi connectivity index (χ4n) is 4.44. The Labute approximate surface area is 141 Å². The normalized spacial score (nSPS) is 28.1. The number of rotatable bonds is 5. The minimum Gasteiger partial charge on any atom is -0.353 e. The van der Waals surface area contributed by atoms with Crippen molar-refractivity contribution in [3.8, 4) is 0 Å². The van der Waals surface area contributed by atoms with Crippen molar-refractivity contribution in [2.45, 2.75) is 65.5 Å². The van der Waals surface area contributed by atoms with Crippen molar-refractivity contribution in [2.75, 3.05) is 0 Å². The van der Waals surface area contributed by atoms with Gasteiger partial charge in [-0.15, -0.1) is 0 Å². The standard InChI is InChI=1S/C17H26BrN3O/c1-10(15-9-13-4-5-14(15)8-13)19-16(22)6-7-21-12(3)17(18)11(2)20-21/h10,13-15H,4-9H2,1-3H3,(H,19,22)/t10-,13+,14+,15+/m1/s1. The molecule has 0 radical (unpaired) electrons. The number of halogens is 1. The number of nitrogens with zero attached hydrogens (tertiary/aromatic N) is 2. The molecule has 2 saturated carbocycles. The van der Waals surface area contributed by atoms with Crippen molar-refractivity contribution in [1.29, 1.82) is 0 Å². The molecular formula is C17H26BrN3O. The fourth-order valence-corrected chi connectivity index (χ4v) is 4.72. The van der Waals surface area contributed by atoms with Crippen LogP contribution in [-0.4, -0.2) is 21.7 Å². The molecule has 4 atom stereocenters. The first-order valence-electron chi connectivity index (χ1n) is 8.44. The van der Waals surface area contributed by atoms with Crippen molar-refractivity contribution in [1.82, 2.24) is 15.1 Å². The highest BCUT2D eigenvalue weighted by Gasteiger charge is 2.42. The van der Waals surface area contributed by atoms with Gasteiger partial charge in [0.05, 0.1) is 16.7 Å². The molecule has 1 amide bonds. The molecule has 0 aromatic carbocycles. The Morgan fingerprint density at radius 3 is 2.73 bits per heavy atom. The quantitative estimate of drug-likeness (QED) is 0.863. The molecule has 22 heavy (non-hydrogen) atoms. The number of amides is 1. The van der Waals surface area contributed by atoms with Crippen LogP contribution in [0.3, 0.4) is 0 Å². The van der Waals surface area contributed by atoms with Crippen molar-refractivity contribution in [3.05, 3.63) is 15.9 Å². The molecule has 0 unspecified atom stereocenters. The number of carbonyl (C=O) groups is 1. The maximum atomic E-state index is 12.2. The number of hydrogen-bond acceptors (Lipinski definition) is 2. The van der Waals surface area contributed by atoms with E-state index < -0.39 is 0 Å². The number of aryl methyl sites for hydroxylation is 2. The molecular weight excluding hydrogens is 342 g/mol. The average Bonchev–Trinajstić information content (AvgIpc) is 3.17. The molecule has 5 heteroatoms. The Morgan fingerprint density at radius 2 is 2.18 bits per heavy atom. The summed E-state index contributed by atoms with van der Waals surface area (Å²) in [7, 11) is 0. The van der Waals surface area contributed by atoms with Crippen LogP contribution in [0, 0.1) is 31.6 Å². The van der Waals surface area contributed by atoms with Gasteiger partial charge in [-0.05, 0) is 73.7 Å². The molecule has 0 aliphatic heterocycles. The number of fused-ring (bicyclic) bond motifs is 2. The molecule has 1 N–H and O–H groups in total. The van der Waals surface area contributed by atoms with Gasteiger partial charge in [-0.2, -0.15) is 5.10 Å². The minimum atomic E-state index is 0.152. The largest absolute Gasteiger partial charge is 0.353 e. The number of nitrogens with one attached hydrogen (secondary N) is 1. The summed E-state index contributed by atoms with van der Waals surface area (Å²) in [5.74, 6) is 2.64. The average molecular weight is 368 g/mol. The SMILES string of the molecule is Cc1nn(CCC(=O)N[C@H](C)[C@@H]2C[C@H]3CC[C@H]2C3)c(C)c1Br. The van der Waals surface area contributed by atoms with E-state index in [1.54, 1.807) is 0 Å². The van der Waals surface area contributed by atoms with Crippen molar-refractivity contribution >= 4 is 21.8 Å². The van der Waals surface area contributed by atoms with Crippen LogP contribution in [0.1, 0.15) is 50.4 Å². The van der Waals surface area contributed by atoms with E-state index in [2.05, 4.69) is 33.3 Å². The second kappa shape index (κ2) is 6.34. The molecule has 0 spiro atoms. The molecule has 1 aromatic heterocycles. The zero-order valence-corrected chi connectivity index (χ0v) is 15.3. The van der Waals surface area contributed by atoms with E-state index in [0.717, 1.165) is 27.7 Å². The lowest BCUT2D eigenvalue weighted by Crippen LogP contribution is -2.40. The maximum absolute atomic E-state index is 12.2. The Morgan fingerprint density at radius 1 is 1.41 bits per heavy atom. The summed E-state index contributed by atoms with van der Waals surface area (Å²) < 4.78 is 2.96. The second-order valence-corrected chi connectivity index (χ2v) is 7.95. The molecule has 0 saturated heterocycles. The maximum Gasteiger partial charge on any atom is 0.222 e. The molecule has 1 heterocycles. The topological polar surface area (TPSA) is 46.9 Å². The van der Waals surface area contributed by atoms with E-state index in [1.807, 2.05) is 18.5 Å². The highest BCUT2D eigenvalue weighted by molar-refractivity contribution is 9.10. The van der Waals surface area contributed by atoms with Crippen molar-refractivity contribution in [3.63, 3.8) is 0 Å². The zero-order chi connectivity index (χ0) is 15.9. The van der Waals surface area contributed by atoms with Gasteiger partial charge in [0.15, 0.2) is 0 Å². The van der Waals surface area contributed by atoms with Crippen LogP contribution in [0.25, 0.3) is 0 Å². The van der Waals surface area contributed by atoms with Gasteiger partial charge >= 0.3 is 0 Å². The van der Waals surface area contributed by atoms with Crippen LogP contribution < -0.4 is 5.32 Å². The molecule has 2 fully saturated rings. The van der Waals surface area contributed by atoms with Crippen LogP contribution in [0.15, 0.2) is 4.47 Å². The van der Waals surface area contributed by atoms with Crippen molar-refractivity contribution < 1.29 is 4.79 Å². The van der Waals surface area contributed by atoms with Crippen LogP contribution in [0.5, 0.6) is 0 Å². The summed E-state index contributed by atoms with van der Waals surface area (Å²) in [5.41, 5.74) is 2.07. The van der Waals surface area contributed by atoms with Crippen LogP contribution in [-0.2, 0) is 11.3 Å². The molecule has 4 nitrogen and oxygen atoms in total. The summed E-state index contributed by atoms with van der Waals surface area (Å²) in [6.07, 6.45) is 5.99. The van der Waals surface area contributed by atoms with E-state index in [4.69, 9.17) is 0 Å². The van der Waals surface area contributed by atoms with Gasteiger partial charge in [0.1, 0.15) is 0 Å². The monoisotopic (exact) mass is 367 g/mol. The first-order valence-corrected chi connectivity index (χ1v) is 9.24. The Hall–Kier alpha value is -0.840. The zero-order valence-electron chi connectivity index (χ0n) is 13.7. The van der Waals surface area contributed by atoms with E-state index in [0.29, 0.717) is 24.9 Å². The molecule has 122 valence electrons. The Balaban J connectivity index is 1.49. The summed E-state index contributed by atoms with van der Waals surface area (Å²) >= 11 is 3.53. The fraction of sp³-hybridized carbons (Fsp3) is 0.765. The third-order valence-corrected chi connectivity index (χ3v) is 6.82. The number of hydrogen-bond donors (Lipinski definition) is 1.